The SMILES string of the molecule is CCOc1cc(/C=N\Nc2cccc(C(=O)O)c2)c(Br)cc1OCC(=O)O. The Labute approximate surface area is 163 Å². The lowest BCUT2D eigenvalue weighted by Crippen LogP contribution is -2.10. The van der Waals surface area contributed by atoms with E-state index >= 15 is 0 Å². The van der Waals surface area contributed by atoms with Crippen molar-refractivity contribution in [1.82, 2.24) is 0 Å². The van der Waals surface area contributed by atoms with E-state index in [-0.39, 0.29) is 5.56 Å². The van der Waals surface area contributed by atoms with Gasteiger partial charge in [0.2, 0.25) is 0 Å². The number of carbonyl (C=O) groups is 2. The molecule has 0 heterocycles. The lowest BCUT2D eigenvalue weighted by atomic mass is 10.2. The van der Waals surface area contributed by atoms with Crippen LogP contribution in [0.15, 0.2) is 46.0 Å². The number of rotatable bonds is 9. The molecule has 0 aromatic heterocycles. The van der Waals surface area contributed by atoms with Gasteiger partial charge in [0.1, 0.15) is 0 Å². The van der Waals surface area contributed by atoms with Crippen LogP contribution >= 0.6 is 15.9 Å². The number of nitrogens with one attached hydrogen (secondary N) is 1. The molecule has 2 rings (SSSR count). The quantitative estimate of drug-likeness (QED) is 0.406. The van der Waals surface area contributed by atoms with Gasteiger partial charge in [-0.1, -0.05) is 6.07 Å². The van der Waals surface area contributed by atoms with Crippen molar-refractivity contribution >= 4 is 39.8 Å². The smallest absolute Gasteiger partial charge is 0.341 e. The number of benzene rings is 2. The van der Waals surface area contributed by atoms with E-state index in [0.29, 0.717) is 33.8 Å². The van der Waals surface area contributed by atoms with Crippen LogP contribution in [0.25, 0.3) is 0 Å². The van der Waals surface area contributed by atoms with Gasteiger partial charge in [-0.2, -0.15) is 5.10 Å². The standard InChI is InChI=1S/C18H17BrN2O6/c1-2-26-15-7-12(14(19)8-16(15)27-10-17(22)23)9-20-21-13-5-3-4-11(6-13)18(24)25/h3-9,21H,2,10H2,1H3,(H,22,23)(H,24,25)/b20-9-. The van der Waals surface area contributed by atoms with Gasteiger partial charge >= 0.3 is 11.9 Å². The Bertz CT molecular complexity index is 869. The van der Waals surface area contributed by atoms with E-state index in [4.69, 9.17) is 19.7 Å². The molecule has 0 bridgehead atoms. The number of aromatic carboxylic acids is 1. The molecule has 142 valence electrons. The van der Waals surface area contributed by atoms with Gasteiger partial charge in [-0.05, 0) is 53.2 Å². The largest absolute Gasteiger partial charge is 0.490 e. The fourth-order valence-corrected chi connectivity index (χ4v) is 2.49. The number of hydrazone groups is 1. The number of aliphatic carboxylic acids is 1. The van der Waals surface area contributed by atoms with Crippen LogP contribution in [0.5, 0.6) is 11.5 Å². The molecule has 8 nitrogen and oxygen atoms in total. The molecular formula is C18H17BrN2O6. The van der Waals surface area contributed by atoms with Crippen LogP contribution in [-0.4, -0.2) is 41.6 Å². The van der Waals surface area contributed by atoms with E-state index in [0.717, 1.165) is 0 Å². The van der Waals surface area contributed by atoms with Crippen LogP contribution in [0.4, 0.5) is 5.69 Å². The van der Waals surface area contributed by atoms with E-state index in [9.17, 15) is 9.59 Å². The molecule has 2 aromatic rings. The second-order valence-corrected chi connectivity index (χ2v) is 6.05. The first-order valence-corrected chi connectivity index (χ1v) is 8.63. The van der Waals surface area contributed by atoms with Crippen LogP contribution in [0.1, 0.15) is 22.8 Å². The van der Waals surface area contributed by atoms with E-state index < -0.39 is 18.5 Å². The van der Waals surface area contributed by atoms with Crippen LogP contribution in [0, 0.1) is 0 Å². The number of hydrogen-bond acceptors (Lipinski definition) is 6. The van der Waals surface area contributed by atoms with Crippen molar-refractivity contribution < 1.29 is 29.3 Å². The third-order valence-electron chi connectivity index (χ3n) is 3.22. The fourth-order valence-electron chi connectivity index (χ4n) is 2.07. The zero-order valence-corrected chi connectivity index (χ0v) is 15.9. The van der Waals surface area contributed by atoms with Gasteiger partial charge in [-0.25, -0.2) is 9.59 Å². The summed E-state index contributed by atoms with van der Waals surface area (Å²) in [5, 5.41) is 21.8. The first-order chi connectivity index (χ1) is 12.9. The van der Waals surface area contributed by atoms with E-state index in [1.807, 2.05) is 0 Å². The highest BCUT2D eigenvalue weighted by molar-refractivity contribution is 9.10. The van der Waals surface area contributed by atoms with Crippen molar-refractivity contribution in [1.29, 1.82) is 0 Å². The number of anilines is 1. The fraction of sp³-hybridized carbons (Fsp3) is 0.167. The molecule has 27 heavy (non-hydrogen) atoms. The van der Waals surface area contributed by atoms with Crippen LogP contribution in [0.3, 0.4) is 0 Å². The average Bonchev–Trinajstić information content (AvgIpc) is 2.63. The normalized spacial score (nSPS) is 10.6. The molecule has 0 spiro atoms. The molecule has 2 aromatic carbocycles. The topological polar surface area (TPSA) is 117 Å². The molecule has 0 aliphatic heterocycles. The molecule has 0 fully saturated rings. The molecule has 0 atom stereocenters. The summed E-state index contributed by atoms with van der Waals surface area (Å²) >= 11 is 3.38. The third-order valence-corrected chi connectivity index (χ3v) is 3.91. The molecule has 0 saturated heterocycles. The predicted molar refractivity (Wildman–Crippen MR) is 103 cm³/mol. The molecule has 0 radical (unpaired) electrons. The second-order valence-electron chi connectivity index (χ2n) is 5.19. The van der Waals surface area contributed by atoms with Crippen molar-refractivity contribution in [2.45, 2.75) is 6.92 Å². The number of halogens is 1. The number of nitrogens with zero attached hydrogens (tertiary/aromatic N) is 1. The van der Waals surface area contributed by atoms with Crippen LogP contribution in [0.2, 0.25) is 0 Å². The Morgan fingerprint density at radius 3 is 2.59 bits per heavy atom. The third kappa shape index (κ3) is 6.00. The molecule has 0 aliphatic rings. The highest BCUT2D eigenvalue weighted by Crippen LogP contribution is 2.33. The summed E-state index contributed by atoms with van der Waals surface area (Å²) in [4.78, 5) is 21.7. The minimum absolute atomic E-state index is 0.148. The van der Waals surface area contributed by atoms with Gasteiger partial charge in [0.25, 0.3) is 0 Å². The summed E-state index contributed by atoms with van der Waals surface area (Å²) < 4.78 is 11.3. The zero-order chi connectivity index (χ0) is 19.8. The van der Waals surface area contributed by atoms with E-state index in [1.165, 1.54) is 18.3 Å². The van der Waals surface area contributed by atoms with Gasteiger partial charge in [0, 0.05) is 10.0 Å². The Hall–Kier alpha value is -3.07. The molecule has 0 unspecified atom stereocenters. The summed E-state index contributed by atoms with van der Waals surface area (Å²) in [5.41, 5.74) is 4.08. The van der Waals surface area contributed by atoms with Crippen molar-refractivity contribution in [3.63, 3.8) is 0 Å². The Balaban J connectivity index is 2.18. The maximum atomic E-state index is 11.0. The summed E-state index contributed by atoms with van der Waals surface area (Å²) in [6.45, 7) is 1.69. The molecular weight excluding hydrogens is 420 g/mol. The molecule has 0 saturated carbocycles. The predicted octanol–water partition coefficient (Wildman–Crippen LogP) is 3.46. The summed E-state index contributed by atoms with van der Waals surface area (Å²) in [7, 11) is 0. The summed E-state index contributed by atoms with van der Waals surface area (Å²) in [5.74, 6) is -1.43. The number of carboxylic acid groups (broad SMARTS) is 2. The van der Waals surface area contributed by atoms with Gasteiger partial charge < -0.3 is 19.7 Å². The monoisotopic (exact) mass is 436 g/mol. The summed E-state index contributed by atoms with van der Waals surface area (Å²) in [6, 6.07) is 9.50. The molecule has 0 amide bonds. The van der Waals surface area contributed by atoms with Crippen LogP contribution in [-0.2, 0) is 4.79 Å². The number of hydrogen-bond donors (Lipinski definition) is 3. The first kappa shape index (κ1) is 20.2. The Morgan fingerprint density at radius 2 is 1.93 bits per heavy atom. The van der Waals surface area contributed by atoms with E-state index in [2.05, 4.69) is 26.5 Å². The minimum atomic E-state index is -1.09. The van der Waals surface area contributed by atoms with Gasteiger partial charge in [-0.3, -0.25) is 5.43 Å². The maximum absolute atomic E-state index is 11.0. The maximum Gasteiger partial charge on any atom is 0.341 e. The minimum Gasteiger partial charge on any atom is -0.490 e. The number of carboxylic acids is 2. The average molecular weight is 437 g/mol. The van der Waals surface area contributed by atoms with Gasteiger partial charge in [-0.15, -0.1) is 0 Å². The Morgan fingerprint density at radius 1 is 1.19 bits per heavy atom. The second kappa shape index (κ2) is 9.58. The van der Waals surface area contributed by atoms with Crippen LogP contribution < -0.4 is 14.9 Å². The molecule has 3 N–H and O–H groups in total. The summed E-state index contributed by atoms with van der Waals surface area (Å²) in [6.07, 6.45) is 1.51. The van der Waals surface area contributed by atoms with Crippen molar-refractivity contribution in [2.75, 3.05) is 18.6 Å². The lowest BCUT2D eigenvalue weighted by molar-refractivity contribution is -0.139. The Kier molecular flexibility index (Phi) is 7.18. The van der Waals surface area contributed by atoms with Gasteiger partial charge in [0.05, 0.1) is 24.1 Å². The number of ether oxygens (including phenoxy) is 2. The lowest BCUT2D eigenvalue weighted by Gasteiger charge is -2.12. The van der Waals surface area contributed by atoms with Gasteiger partial charge in [0.15, 0.2) is 18.1 Å². The highest BCUT2D eigenvalue weighted by atomic mass is 79.9. The van der Waals surface area contributed by atoms with Crippen molar-refractivity contribution in [2.24, 2.45) is 5.10 Å². The van der Waals surface area contributed by atoms with Crippen molar-refractivity contribution in [3.05, 3.63) is 52.0 Å². The molecule has 0 aliphatic carbocycles. The van der Waals surface area contributed by atoms with Crippen molar-refractivity contribution in [3.8, 4) is 11.5 Å². The van der Waals surface area contributed by atoms with E-state index in [1.54, 1.807) is 31.2 Å². The highest BCUT2D eigenvalue weighted by Gasteiger charge is 2.11. The molecule has 9 heteroatoms. The zero-order valence-electron chi connectivity index (χ0n) is 14.3. The first-order valence-electron chi connectivity index (χ1n) is 7.84.